The monoisotopic (exact) mass is 215 g/mol. The van der Waals surface area contributed by atoms with Crippen LogP contribution in [0.4, 0.5) is 0 Å². The molecule has 0 aromatic carbocycles. The lowest BCUT2D eigenvalue weighted by Crippen LogP contribution is -2.40. The van der Waals surface area contributed by atoms with Crippen LogP contribution in [0.15, 0.2) is 0 Å². The highest BCUT2D eigenvalue weighted by molar-refractivity contribution is 4.74. The van der Waals surface area contributed by atoms with Crippen LogP contribution < -0.4 is 0 Å². The van der Waals surface area contributed by atoms with E-state index in [1.165, 1.54) is 25.9 Å². The highest BCUT2D eigenvalue weighted by atomic mass is 16.7. The molecule has 15 heavy (non-hydrogen) atoms. The molecule has 0 radical (unpaired) electrons. The van der Waals surface area contributed by atoms with Crippen molar-refractivity contribution in [1.29, 1.82) is 0 Å². The van der Waals surface area contributed by atoms with Crippen molar-refractivity contribution in [3.63, 3.8) is 0 Å². The molecule has 0 N–H and O–H groups in total. The third-order valence-corrected chi connectivity index (χ3v) is 3.51. The quantitative estimate of drug-likeness (QED) is 0.655. The van der Waals surface area contributed by atoms with Crippen LogP contribution in [0.3, 0.4) is 0 Å². The minimum atomic E-state index is -0.0689. The molecule has 1 fully saturated rings. The molecule has 0 unspecified atom stereocenters. The van der Waals surface area contributed by atoms with Gasteiger partial charge < -0.3 is 9.47 Å². The molecule has 0 aromatic heterocycles. The van der Waals surface area contributed by atoms with Crippen LogP contribution >= 0.6 is 0 Å². The molecule has 0 spiro atoms. The summed E-state index contributed by atoms with van der Waals surface area (Å²) in [6, 6.07) is 0. The van der Waals surface area contributed by atoms with Crippen molar-refractivity contribution in [1.82, 2.24) is 4.90 Å². The van der Waals surface area contributed by atoms with E-state index < -0.39 is 0 Å². The zero-order chi connectivity index (χ0) is 11.3. The molecule has 0 amide bonds. The Morgan fingerprint density at radius 3 is 2.07 bits per heavy atom. The van der Waals surface area contributed by atoms with Crippen LogP contribution in [0.5, 0.6) is 0 Å². The van der Waals surface area contributed by atoms with Gasteiger partial charge in [-0.05, 0) is 37.8 Å². The summed E-state index contributed by atoms with van der Waals surface area (Å²) in [6.07, 6.45) is 2.57. The minimum Gasteiger partial charge on any atom is -0.355 e. The topological polar surface area (TPSA) is 21.7 Å². The van der Waals surface area contributed by atoms with E-state index in [2.05, 4.69) is 18.7 Å². The summed E-state index contributed by atoms with van der Waals surface area (Å²) < 4.78 is 10.4. The standard InChI is InChI=1S/C12H25NO2/c1-10(2)11-5-7-13(8-6-11)9-12(14-3)15-4/h10-12H,5-9H2,1-4H3. The number of methoxy groups -OCH3 is 2. The van der Waals surface area contributed by atoms with E-state index in [1.54, 1.807) is 14.2 Å². The van der Waals surface area contributed by atoms with Gasteiger partial charge in [0, 0.05) is 20.8 Å². The Morgan fingerprint density at radius 1 is 1.13 bits per heavy atom. The van der Waals surface area contributed by atoms with Gasteiger partial charge in [0.05, 0.1) is 0 Å². The second kappa shape index (κ2) is 6.46. The third kappa shape index (κ3) is 4.09. The fraction of sp³-hybridized carbons (Fsp3) is 1.00. The number of likely N-dealkylation sites (tertiary alicyclic amines) is 1. The molecular weight excluding hydrogens is 190 g/mol. The molecule has 1 aliphatic heterocycles. The van der Waals surface area contributed by atoms with Gasteiger partial charge in [-0.3, -0.25) is 4.90 Å². The van der Waals surface area contributed by atoms with Crippen LogP contribution in [0, 0.1) is 11.8 Å². The lowest BCUT2D eigenvalue weighted by molar-refractivity contribution is -0.119. The van der Waals surface area contributed by atoms with Gasteiger partial charge in [-0.2, -0.15) is 0 Å². The summed E-state index contributed by atoms with van der Waals surface area (Å²) in [5.74, 6) is 1.73. The van der Waals surface area contributed by atoms with Crippen molar-refractivity contribution in [3.05, 3.63) is 0 Å². The minimum absolute atomic E-state index is 0.0689. The third-order valence-electron chi connectivity index (χ3n) is 3.51. The van der Waals surface area contributed by atoms with Crippen molar-refractivity contribution in [2.45, 2.75) is 33.0 Å². The fourth-order valence-electron chi connectivity index (χ4n) is 2.26. The van der Waals surface area contributed by atoms with Gasteiger partial charge in [-0.25, -0.2) is 0 Å². The lowest BCUT2D eigenvalue weighted by atomic mass is 9.87. The molecule has 0 atom stereocenters. The number of piperidine rings is 1. The Bertz CT molecular complexity index is 161. The normalized spacial score (nSPS) is 20.4. The molecule has 1 heterocycles. The molecule has 0 aromatic rings. The summed E-state index contributed by atoms with van der Waals surface area (Å²) in [6.45, 7) is 7.93. The molecule has 3 heteroatoms. The zero-order valence-electron chi connectivity index (χ0n) is 10.5. The lowest BCUT2D eigenvalue weighted by Gasteiger charge is -2.35. The molecule has 90 valence electrons. The first-order valence-corrected chi connectivity index (χ1v) is 5.95. The van der Waals surface area contributed by atoms with E-state index in [1.807, 2.05) is 0 Å². The molecule has 0 saturated carbocycles. The number of hydrogen-bond acceptors (Lipinski definition) is 3. The van der Waals surface area contributed by atoms with Gasteiger partial charge in [0.1, 0.15) is 0 Å². The maximum Gasteiger partial charge on any atom is 0.169 e. The number of hydrogen-bond donors (Lipinski definition) is 0. The molecule has 0 bridgehead atoms. The SMILES string of the molecule is COC(CN1CCC(C(C)C)CC1)OC. The average Bonchev–Trinajstić information content (AvgIpc) is 2.26. The zero-order valence-corrected chi connectivity index (χ0v) is 10.5. The van der Waals surface area contributed by atoms with Crippen LogP contribution in [0.2, 0.25) is 0 Å². The van der Waals surface area contributed by atoms with Crippen LogP contribution in [-0.2, 0) is 9.47 Å². The second-order valence-electron chi connectivity index (χ2n) is 4.78. The van der Waals surface area contributed by atoms with Crippen LogP contribution in [0.25, 0.3) is 0 Å². The average molecular weight is 215 g/mol. The van der Waals surface area contributed by atoms with E-state index >= 15 is 0 Å². The highest BCUT2D eigenvalue weighted by Gasteiger charge is 2.23. The Balaban J connectivity index is 2.25. The summed E-state index contributed by atoms with van der Waals surface area (Å²) in [4.78, 5) is 2.44. The van der Waals surface area contributed by atoms with Crippen molar-refractivity contribution < 1.29 is 9.47 Å². The summed E-state index contributed by atoms with van der Waals surface area (Å²) in [5.41, 5.74) is 0. The largest absolute Gasteiger partial charge is 0.355 e. The number of ether oxygens (including phenoxy) is 2. The van der Waals surface area contributed by atoms with Gasteiger partial charge in [0.25, 0.3) is 0 Å². The number of nitrogens with zero attached hydrogens (tertiary/aromatic N) is 1. The van der Waals surface area contributed by atoms with E-state index in [0.29, 0.717) is 0 Å². The van der Waals surface area contributed by atoms with Gasteiger partial charge in [-0.15, -0.1) is 0 Å². The molecular formula is C12H25NO2. The first-order valence-electron chi connectivity index (χ1n) is 5.95. The maximum absolute atomic E-state index is 5.21. The van der Waals surface area contributed by atoms with Gasteiger partial charge in [-0.1, -0.05) is 13.8 Å². The Morgan fingerprint density at radius 2 is 1.67 bits per heavy atom. The molecule has 1 aliphatic rings. The Hall–Kier alpha value is -0.120. The fourth-order valence-corrected chi connectivity index (χ4v) is 2.26. The number of rotatable bonds is 5. The first kappa shape index (κ1) is 12.9. The van der Waals surface area contributed by atoms with Gasteiger partial charge in [0.2, 0.25) is 0 Å². The summed E-state index contributed by atoms with van der Waals surface area (Å²) in [7, 11) is 3.41. The van der Waals surface area contributed by atoms with Gasteiger partial charge in [0.15, 0.2) is 6.29 Å². The Labute approximate surface area is 93.7 Å². The predicted molar refractivity (Wildman–Crippen MR) is 61.8 cm³/mol. The van der Waals surface area contributed by atoms with E-state index in [9.17, 15) is 0 Å². The van der Waals surface area contributed by atoms with Crippen LogP contribution in [0.1, 0.15) is 26.7 Å². The maximum atomic E-state index is 5.21. The smallest absolute Gasteiger partial charge is 0.169 e. The van der Waals surface area contributed by atoms with E-state index in [4.69, 9.17) is 9.47 Å². The van der Waals surface area contributed by atoms with Crippen molar-refractivity contribution in [2.24, 2.45) is 11.8 Å². The highest BCUT2D eigenvalue weighted by Crippen LogP contribution is 2.24. The predicted octanol–water partition coefficient (Wildman–Crippen LogP) is 1.97. The molecule has 0 aliphatic carbocycles. The van der Waals surface area contributed by atoms with Crippen molar-refractivity contribution in [3.8, 4) is 0 Å². The summed E-state index contributed by atoms with van der Waals surface area (Å²) >= 11 is 0. The Kier molecular flexibility index (Phi) is 5.58. The van der Waals surface area contributed by atoms with Crippen LogP contribution in [-0.4, -0.2) is 45.0 Å². The molecule has 1 saturated heterocycles. The second-order valence-corrected chi connectivity index (χ2v) is 4.78. The molecule has 3 nitrogen and oxygen atoms in total. The van der Waals surface area contributed by atoms with Crippen molar-refractivity contribution in [2.75, 3.05) is 33.9 Å². The van der Waals surface area contributed by atoms with Gasteiger partial charge >= 0.3 is 0 Å². The first-order chi connectivity index (χ1) is 7.17. The van der Waals surface area contributed by atoms with E-state index in [-0.39, 0.29) is 6.29 Å². The van der Waals surface area contributed by atoms with Crippen molar-refractivity contribution >= 4 is 0 Å². The molecule has 1 rings (SSSR count). The van der Waals surface area contributed by atoms with E-state index in [0.717, 1.165) is 18.4 Å². The summed E-state index contributed by atoms with van der Waals surface area (Å²) in [5, 5.41) is 0.